The molecule has 0 bridgehead atoms. The minimum atomic E-state index is -0.306. The van der Waals surface area contributed by atoms with E-state index in [4.69, 9.17) is 9.47 Å². The Morgan fingerprint density at radius 2 is 1.90 bits per heavy atom. The zero-order valence-corrected chi connectivity index (χ0v) is 16.4. The predicted molar refractivity (Wildman–Crippen MR) is 109 cm³/mol. The van der Waals surface area contributed by atoms with Gasteiger partial charge in [-0.1, -0.05) is 32.0 Å². The van der Waals surface area contributed by atoms with Crippen LogP contribution in [-0.4, -0.2) is 28.7 Å². The SMILES string of the molecule is CC(C)C(NC(=O)Cn1c(=O)cnc2ccccc21)c1ccc2c(c1)OCCO2. The van der Waals surface area contributed by atoms with E-state index in [9.17, 15) is 9.59 Å². The fourth-order valence-corrected chi connectivity index (χ4v) is 3.53. The number of ether oxygens (including phenoxy) is 2. The Labute approximate surface area is 168 Å². The monoisotopic (exact) mass is 393 g/mol. The van der Waals surface area contributed by atoms with E-state index < -0.39 is 0 Å². The number of carbonyl (C=O) groups is 1. The molecule has 0 aliphatic carbocycles. The summed E-state index contributed by atoms with van der Waals surface area (Å²) in [6.07, 6.45) is 1.25. The average Bonchev–Trinajstić information content (AvgIpc) is 2.73. The molecule has 7 nitrogen and oxygen atoms in total. The maximum atomic E-state index is 12.8. The van der Waals surface area contributed by atoms with Crippen molar-refractivity contribution in [2.45, 2.75) is 26.4 Å². The van der Waals surface area contributed by atoms with Gasteiger partial charge in [0.25, 0.3) is 5.56 Å². The smallest absolute Gasteiger partial charge is 0.269 e. The first kappa shape index (κ1) is 19.0. The lowest BCUT2D eigenvalue weighted by Crippen LogP contribution is -2.36. The Morgan fingerprint density at radius 1 is 1.14 bits per heavy atom. The van der Waals surface area contributed by atoms with Gasteiger partial charge in [0.05, 0.1) is 23.3 Å². The molecule has 1 aromatic heterocycles. The first-order valence-electron chi connectivity index (χ1n) is 9.66. The zero-order chi connectivity index (χ0) is 20.4. The summed E-state index contributed by atoms with van der Waals surface area (Å²) in [5, 5.41) is 3.06. The van der Waals surface area contributed by atoms with Gasteiger partial charge in [-0.05, 0) is 35.7 Å². The highest BCUT2D eigenvalue weighted by Gasteiger charge is 2.22. The van der Waals surface area contributed by atoms with Gasteiger partial charge < -0.3 is 14.8 Å². The largest absolute Gasteiger partial charge is 0.486 e. The maximum absolute atomic E-state index is 12.8. The molecule has 1 amide bonds. The second-order valence-corrected chi connectivity index (χ2v) is 7.36. The summed E-state index contributed by atoms with van der Waals surface area (Å²) < 4.78 is 12.7. The highest BCUT2D eigenvalue weighted by atomic mass is 16.6. The summed E-state index contributed by atoms with van der Waals surface area (Å²) in [5.41, 5.74) is 1.94. The van der Waals surface area contributed by atoms with Gasteiger partial charge in [-0.25, -0.2) is 4.98 Å². The Morgan fingerprint density at radius 3 is 2.69 bits per heavy atom. The molecule has 2 heterocycles. The normalized spacial score (nSPS) is 14.0. The topological polar surface area (TPSA) is 82.5 Å². The molecule has 1 atom stereocenters. The second kappa shape index (κ2) is 7.95. The Bertz CT molecular complexity index is 1110. The van der Waals surface area contributed by atoms with E-state index in [1.54, 1.807) is 6.07 Å². The van der Waals surface area contributed by atoms with Gasteiger partial charge in [-0.15, -0.1) is 0 Å². The number of para-hydroxylation sites is 2. The van der Waals surface area contributed by atoms with Gasteiger partial charge >= 0.3 is 0 Å². The molecule has 0 fully saturated rings. The number of hydrogen-bond acceptors (Lipinski definition) is 5. The van der Waals surface area contributed by atoms with Crippen LogP contribution in [0.2, 0.25) is 0 Å². The number of nitrogens with one attached hydrogen (secondary N) is 1. The summed E-state index contributed by atoms with van der Waals surface area (Å²) in [7, 11) is 0. The number of carbonyl (C=O) groups excluding carboxylic acids is 1. The number of rotatable bonds is 5. The summed E-state index contributed by atoms with van der Waals surface area (Å²) in [6.45, 7) is 5.04. The van der Waals surface area contributed by atoms with Crippen LogP contribution in [0, 0.1) is 5.92 Å². The second-order valence-electron chi connectivity index (χ2n) is 7.36. The molecule has 1 aliphatic heterocycles. The first-order chi connectivity index (χ1) is 14.0. The summed E-state index contributed by atoms with van der Waals surface area (Å²) in [6, 6.07) is 12.8. The molecular weight excluding hydrogens is 370 g/mol. The lowest BCUT2D eigenvalue weighted by atomic mass is 9.95. The molecule has 0 radical (unpaired) electrons. The Hall–Kier alpha value is -3.35. The average molecular weight is 393 g/mol. The molecule has 7 heteroatoms. The van der Waals surface area contributed by atoms with Crippen molar-refractivity contribution in [3.05, 3.63) is 64.6 Å². The quantitative estimate of drug-likeness (QED) is 0.721. The lowest BCUT2D eigenvalue weighted by molar-refractivity contribution is -0.122. The van der Waals surface area contributed by atoms with Crippen molar-refractivity contribution >= 4 is 16.9 Å². The molecule has 2 aromatic carbocycles. The third kappa shape index (κ3) is 3.94. The van der Waals surface area contributed by atoms with Crippen molar-refractivity contribution in [2.24, 2.45) is 5.92 Å². The number of benzene rings is 2. The zero-order valence-electron chi connectivity index (χ0n) is 16.4. The van der Waals surface area contributed by atoms with Crippen LogP contribution in [-0.2, 0) is 11.3 Å². The van der Waals surface area contributed by atoms with E-state index in [0.717, 1.165) is 5.56 Å². The van der Waals surface area contributed by atoms with Crippen molar-refractivity contribution in [2.75, 3.05) is 13.2 Å². The van der Waals surface area contributed by atoms with Crippen molar-refractivity contribution in [1.82, 2.24) is 14.9 Å². The molecule has 3 aromatic rings. The third-order valence-electron chi connectivity index (χ3n) is 4.96. The van der Waals surface area contributed by atoms with E-state index in [0.29, 0.717) is 35.7 Å². The van der Waals surface area contributed by atoms with E-state index in [1.165, 1.54) is 10.8 Å². The molecule has 29 heavy (non-hydrogen) atoms. The van der Waals surface area contributed by atoms with Crippen LogP contribution in [0.3, 0.4) is 0 Å². The van der Waals surface area contributed by atoms with Crippen molar-refractivity contribution < 1.29 is 14.3 Å². The van der Waals surface area contributed by atoms with Gasteiger partial charge in [0, 0.05) is 0 Å². The van der Waals surface area contributed by atoms with Gasteiger partial charge in [-0.2, -0.15) is 0 Å². The third-order valence-corrected chi connectivity index (χ3v) is 4.96. The minimum absolute atomic E-state index is 0.0738. The molecule has 150 valence electrons. The van der Waals surface area contributed by atoms with E-state index in [1.807, 2.05) is 50.2 Å². The molecule has 1 unspecified atom stereocenters. The van der Waals surface area contributed by atoms with Crippen molar-refractivity contribution in [3.63, 3.8) is 0 Å². The number of nitrogens with zero attached hydrogens (tertiary/aromatic N) is 2. The Balaban J connectivity index is 1.58. The highest BCUT2D eigenvalue weighted by Crippen LogP contribution is 2.34. The van der Waals surface area contributed by atoms with Gasteiger partial charge in [0.1, 0.15) is 19.8 Å². The van der Waals surface area contributed by atoms with Crippen LogP contribution in [0.4, 0.5) is 0 Å². The standard InChI is InChI=1S/C22H23N3O4/c1-14(2)22(15-7-8-18-19(11-15)29-10-9-28-18)24-20(26)13-25-17-6-4-3-5-16(17)23-12-21(25)27/h3-8,11-12,14,22H,9-10,13H2,1-2H3,(H,24,26). The molecule has 4 rings (SSSR count). The molecular formula is C22H23N3O4. The molecule has 0 spiro atoms. The van der Waals surface area contributed by atoms with Crippen LogP contribution < -0.4 is 20.3 Å². The summed E-state index contributed by atoms with van der Waals surface area (Å²) in [4.78, 5) is 29.3. The first-order valence-corrected chi connectivity index (χ1v) is 9.66. The molecule has 1 aliphatic rings. The number of amides is 1. The van der Waals surface area contributed by atoms with Gasteiger partial charge in [0.2, 0.25) is 5.91 Å². The number of fused-ring (bicyclic) bond motifs is 2. The molecule has 0 saturated carbocycles. The van der Waals surface area contributed by atoms with Crippen molar-refractivity contribution in [3.8, 4) is 11.5 Å². The Kier molecular flexibility index (Phi) is 5.20. The maximum Gasteiger partial charge on any atom is 0.269 e. The molecule has 1 N–H and O–H groups in total. The fraction of sp³-hybridized carbons (Fsp3) is 0.318. The van der Waals surface area contributed by atoms with Gasteiger partial charge in [0.15, 0.2) is 11.5 Å². The van der Waals surface area contributed by atoms with Crippen LogP contribution >= 0.6 is 0 Å². The lowest BCUT2D eigenvalue weighted by Gasteiger charge is -2.25. The number of aromatic nitrogens is 2. The van der Waals surface area contributed by atoms with Gasteiger partial charge in [-0.3, -0.25) is 14.2 Å². The predicted octanol–water partition coefficient (Wildman–Crippen LogP) is 2.68. The van der Waals surface area contributed by atoms with Crippen molar-refractivity contribution in [1.29, 1.82) is 0 Å². The van der Waals surface area contributed by atoms with E-state index in [2.05, 4.69) is 10.3 Å². The summed E-state index contributed by atoms with van der Waals surface area (Å²) in [5.74, 6) is 1.30. The van der Waals surface area contributed by atoms with Crippen LogP contribution in [0.15, 0.2) is 53.5 Å². The minimum Gasteiger partial charge on any atom is -0.486 e. The van der Waals surface area contributed by atoms with Crippen LogP contribution in [0.25, 0.3) is 11.0 Å². The summed E-state index contributed by atoms with van der Waals surface area (Å²) >= 11 is 0. The van der Waals surface area contributed by atoms with E-state index >= 15 is 0 Å². The highest BCUT2D eigenvalue weighted by molar-refractivity contribution is 5.80. The van der Waals surface area contributed by atoms with E-state index in [-0.39, 0.29) is 30.0 Å². The molecule has 0 saturated heterocycles. The van der Waals surface area contributed by atoms with Crippen LogP contribution in [0.5, 0.6) is 11.5 Å². The van der Waals surface area contributed by atoms with Crippen LogP contribution in [0.1, 0.15) is 25.5 Å². The number of hydrogen-bond donors (Lipinski definition) is 1. The fourth-order valence-electron chi connectivity index (χ4n) is 3.53.